The van der Waals surface area contributed by atoms with Gasteiger partial charge in [-0.05, 0) is 37.9 Å². The molecule has 0 aromatic carbocycles. The molecule has 1 aliphatic rings. The van der Waals surface area contributed by atoms with Gasteiger partial charge in [-0.15, -0.1) is 0 Å². The highest BCUT2D eigenvalue weighted by molar-refractivity contribution is 7.99. The molecule has 1 saturated carbocycles. The molecule has 0 aliphatic heterocycles. The molecule has 1 fully saturated rings. The normalized spacial score (nSPS) is 27.8. The summed E-state index contributed by atoms with van der Waals surface area (Å²) in [7, 11) is 0. The zero-order valence-electron chi connectivity index (χ0n) is 10.4. The van der Waals surface area contributed by atoms with Gasteiger partial charge in [-0.25, -0.2) is 0 Å². The van der Waals surface area contributed by atoms with Crippen molar-refractivity contribution in [2.24, 2.45) is 5.92 Å². The van der Waals surface area contributed by atoms with Crippen molar-refractivity contribution in [2.45, 2.75) is 56.1 Å². The van der Waals surface area contributed by atoms with Crippen molar-refractivity contribution >= 4 is 30.3 Å². The predicted octanol–water partition coefficient (Wildman–Crippen LogP) is 2.73. The third kappa shape index (κ3) is 4.21. The van der Waals surface area contributed by atoms with Gasteiger partial charge < -0.3 is 5.32 Å². The molecule has 2 nitrogen and oxygen atoms in total. The van der Waals surface area contributed by atoms with E-state index in [2.05, 4.69) is 24.2 Å². The number of thioether (sulfide) groups is 1. The molecule has 1 amide bonds. The van der Waals surface area contributed by atoms with E-state index < -0.39 is 0 Å². The van der Waals surface area contributed by atoms with E-state index in [1.165, 1.54) is 12.8 Å². The third-order valence-corrected chi connectivity index (χ3v) is 5.22. The Morgan fingerprint density at radius 3 is 2.31 bits per heavy atom. The molecule has 0 spiro atoms. The largest absolute Gasteiger partial charge is 0.352 e. The molecule has 0 aromatic heterocycles. The maximum atomic E-state index is 11.8. The van der Waals surface area contributed by atoms with Crippen LogP contribution in [0, 0.1) is 5.92 Å². The Labute approximate surface area is 109 Å². The van der Waals surface area contributed by atoms with Crippen LogP contribution in [0.1, 0.15) is 39.5 Å². The van der Waals surface area contributed by atoms with E-state index >= 15 is 0 Å². The van der Waals surface area contributed by atoms with E-state index in [4.69, 9.17) is 0 Å². The summed E-state index contributed by atoms with van der Waals surface area (Å²) in [6, 6.07) is 0.379. The van der Waals surface area contributed by atoms with Gasteiger partial charge in [0, 0.05) is 11.3 Å². The summed E-state index contributed by atoms with van der Waals surface area (Å²) >= 11 is 6.29. The molecule has 0 bridgehead atoms. The van der Waals surface area contributed by atoms with Gasteiger partial charge in [0.05, 0.1) is 5.25 Å². The first kappa shape index (κ1) is 14.2. The lowest BCUT2D eigenvalue weighted by Crippen LogP contribution is -2.43. The van der Waals surface area contributed by atoms with Gasteiger partial charge in [0.15, 0.2) is 0 Å². The SMILES string of the molecule is CSC1CCC(NC(=O)C(S)C(C)C)CC1. The molecule has 0 aromatic rings. The van der Waals surface area contributed by atoms with Crippen molar-refractivity contribution in [1.29, 1.82) is 0 Å². The van der Waals surface area contributed by atoms with E-state index in [0.29, 0.717) is 12.0 Å². The summed E-state index contributed by atoms with van der Waals surface area (Å²) in [6.07, 6.45) is 6.87. The molecule has 16 heavy (non-hydrogen) atoms. The van der Waals surface area contributed by atoms with Gasteiger partial charge in [0.1, 0.15) is 0 Å². The first-order valence-corrected chi connectivity index (χ1v) is 7.86. The minimum Gasteiger partial charge on any atom is -0.352 e. The fourth-order valence-electron chi connectivity index (χ4n) is 2.03. The zero-order chi connectivity index (χ0) is 12.1. The van der Waals surface area contributed by atoms with E-state index in [1.54, 1.807) is 0 Å². The van der Waals surface area contributed by atoms with Crippen molar-refractivity contribution in [1.82, 2.24) is 5.32 Å². The maximum Gasteiger partial charge on any atom is 0.233 e. The molecule has 4 heteroatoms. The molecule has 0 saturated heterocycles. The van der Waals surface area contributed by atoms with Gasteiger partial charge in [0.25, 0.3) is 0 Å². The van der Waals surface area contributed by atoms with Gasteiger partial charge in [0.2, 0.25) is 5.91 Å². The van der Waals surface area contributed by atoms with E-state index in [1.807, 2.05) is 25.6 Å². The fraction of sp³-hybridized carbons (Fsp3) is 0.917. The average molecular weight is 261 g/mol. The van der Waals surface area contributed by atoms with Crippen molar-refractivity contribution in [3.8, 4) is 0 Å². The summed E-state index contributed by atoms with van der Waals surface area (Å²) in [5, 5.41) is 3.75. The van der Waals surface area contributed by atoms with Gasteiger partial charge in [-0.2, -0.15) is 24.4 Å². The van der Waals surface area contributed by atoms with Crippen LogP contribution in [0.25, 0.3) is 0 Å². The first-order chi connectivity index (χ1) is 7.54. The molecule has 0 heterocycles. The van der Waals surface area contributed by atoms with Gasteiger partial charge >= 0.3 is 0 Å². The average Bonchev–Trinajstić information content (AvgIpc) is 2.28. The second-order valence-corrected chi connectivity index (χ2v) is 6.60. The topological polar surface area (TPSA) is 29.1 Å². The van der Waals surface area contributed by atoms with Crippen molar-refractivity contribution < 1.29 is 4.79 Å². The minimum atomic E-state index is -0.168. The Bertz CT molecular complexity index is 225. The van der Waals surface area contributed by atoms with Crippen LogP contribution in [-0.4, -0.2) is 28.7 Å². The number of hydrogen-bond acceptors (Lipinski definition) is 3. The van der Waals surface area contributed by atoms with Crippen LogP contribution in [0.4, 0.5) is 0 Å². The molecule has 0 radical (unpaired) electrons. The minimum absolute atomic E-state index is 0.103. The van der Waals surface area contributed by atoms with Crippen LogP contribution in [-0.2, 0) is 4.79 Å². The first-order valence-electron chi connectivity index (χ1n) is 6.05. The van der Waals surface area contributed by atoms with Crippen LogP contribution in [0.3, 0.4) is 0 Å². The van der Waals surface area contributed by atoms with E-state index in [-0.39, 0.29) is 11.2 Å². The number of amides is 1. The van der Waals surface area contributed by atoms with Crippen LogP contribution >= 0.6 is 24.4 Å². The number of carbonyl (C=O) groups excluding carboxylic acids is 1. The van der Waals surface area contributed by atoms with Crippen molar-refractivity contribution in [3.63, 3.8) is 0 Å². The van der Waals surface area contributed by atoms with Crippen LogP contribution in [0.2, 0.25) is 0 Å². The number of hydrogen-bond donors (Lipinski definition) is 2. The van der Waals surface area contributed by atoms with E-state index in [0.717, 1.165) is 18.1 Å². The highest BCUT2D eigenvalue weighted by Gasteiger charge is 2.24. The Morgan fingerprint density at radius 1 is 1.31 bits per heavy atom. The highest BCUT2D eigenvalue weighted by atomic mass is 32.2. The lowest BCUT2D eigenvalue weighted by atomic mass is 9.94. The smallest absolute Gasteiger partial charge is 0.233 e. The molecule has 1 atom stereocenters. The summed E-state index contributed by atoms with van der Waals surface area (Å²) in [4.78, 5) is 11.8. The Morgan fingerprint density at radius 2 is 1.88 bits per heavy atom. The highest BCUT2D eigenvalue weighted by Crippen LogP contribution is 2.27. The number of carbonyl (C=O) groups is 1. The number of nitrogens with one attached hydrogen (secondary N) is 1. The molecule has 1 unspecified atom stereocenters. The summed E-state index contributed by atoms with van der Waals surface area (Å²) in [6.45, 7) is 4.06. The standard InChI is InChI=1S/C12H23NOS2/c1-8(2)11(15)12(14)13-9-4-6-10(16-3)7-5-9/h8-11,15H,4-7H2,1-3H3,(H,13,14). The second kappa shape index (κ2) is 6.80. The molecular weight excluding hydrogens is 238 g/mol. The predicted molar refractivity (Wildman–Crippen MR) is 75.3 cm³/mol. The summed E-state index contributed by atoms with van der Waals surface area (Å²) in [5.41, 5.74) is 0. The molecular formula is C12H23NOS2. The van der Waals surface area contributed by atoms with Crippen molar-refractivity contribution in [2.75, 3.05) is 6.26 Å². The summed E-state index contributed by atoms with van der Waals surface area (Å²) in [5.74, 6) is 0.400. The van der Waals surface area contributed by atoms with Gasteiger partial charge in [-0.3, -0.25) is 4.79 Å². The lowest BCUT2D eigenvalue weighted by Gasteiger charge is -2.29. The molecule has 1 aliphatic carbocycles. The quantitative estimate of drug-likeness (QED) is 0.762. The number of thiol groups is 1. The maximum absolute atomic E-state index is 11.8. The Hall–Kier alpha value is 0.170. The van der Waals surface area contributed by atoms with Crippen LogP contribution in [0.15, 0.2) is 0 Å². The van der Waals surface area contributed by atoms with Crippen LogP contribution in [0.5, 0.6) is 0 Å². The summed E-state index contributed by atoms with van der Waals surface area (Å²) < 4.78 is 0. The van der Waals surface area contributed by atoms with Gasteiger partial charge in [-0.1, -0.05) is 13.8 Å². The molecule has 94 valence electrons. The fourth-order valence-corrected chi connectivity index (χ4v) is 2.85. The lowest BCUT2D eigenvalue weighted by molar-refractivity contribution is -0.122. The second-order valence-electron chi connectivity index (χ2n) is 4.91. The van der Waals surface area contributed by atoms with Crippen LogP contribution < -0.4 is 5.32 Å². The van der Waals surface area contributed by atoms with Crippen molar-refractivity contribution in [3.05, 3.63) is 0 Å². The molecule has 1 N–H and O–H groups in total. The Balaban J connectivity index is 2.31. The zero-order valence-corrected chi connectivity index (χ0v) is 12.1. The van der Waals surface area contributed by atoms with E-state index in [9.17, 15) is 4.79 Å². The number of rotatable bonds is 4. The monoisotopic (exact) mass is 261 g/mol. The third-order valence-electron chi connectivity index (χ3n) is 3.25. The Kier molecular flexibility index (Phi) is 6.05. The molecule has 1 rings (SSSR count).